The van der Waals surface area contributed by atoms with Crippen LogP contribution in [0.4, 0.5) is 11.4 Å². The van der Waals surface area contributed by atoms with Crippen molar-refractivity contribution in [1.82, 2.24) is 20.8 Å². The molecule has 5 aromatic carbocycles. The number of fused-ring (bicyclic) bond motifs is 2. The molecule has 0 aliphatic carbocycles. The first-order chi connectivity index (χ1) is 23.8. The van der Waals surface area contributed by atoms with E-state index in [1.165, 1.54) is 0 Å². The largest absolute Gasteiger partial charge is 0.260 e. The maximum Gasteiger partial charge on any atom is 0.173 e. The number of aromatic nitrogens is 2. The van der Waals surface area contributed by atoms with Gasteiger partial charge < -0.3 is 0 Å². The summed E-state index contributed by atoms with van der Waals surface area (Å²) in [6.45, 7) is 0. The standard InChI is InChI=1S/C40H30N8/c1-3-13-33(14-4-1)43-39(37-25-23-31-11-7-9-17-35(31)45-37)47-41-27-29-19-21-30(22-20-29)28-42-48-40(44-34-15-5-2-6-16-34)38-26-24-32-12-8-10-18-36(32)46-38/h1-28H,(H,43,47)(H,44,48). The van der Waals surface area contributed by atoms with Crippen LogP contribution in [0.15, 0.2) is 178 Å². The second-order valence-corrected chi connectivity index (χ2v) is 10.8. The Morgan fingerprint density at radius 1 is 0.417 bits per heavy atom. The molecular weight excluding hydrogens is 592 g/mol. The zero-order valence-electron chi connectivity index (χ0n) is 25.8. The third-order valence-electron chi connectivity index (χ3n) is 7.38. The number of para-hydroxylation sites is 4. The van der Waals surface area contributed by atoms with Gasteiger partial charge in [-0.1, -0.05) is 109 Å². The maximum absolute atomic E-state index is 4.81. The summed E-state index contributed by atoms with van der Waals surface area (Å²) in [4.78, 5) is 19.2. The molecular formula is C40H30N8. The highest BCUT2D eigenvalue weighted by molar-refractivity contribution is 6.01. The number of hydrazone groups is 2. The molecule has 7 aromatic rings. The first-order valence-corrected chi connectivity index (χ1v) is 15.4. The molecule has 2 heterocycles. The lowest BCUT2D eigenvalue weighted by Crippen LogP contribution is -2.20. The molecule has 0 unspecified atom stereocenters. The number of pyridine rings is 2. The van der Waals surface area contributed by atoms with Gasteiger partial charge in [-0.15, -0.1) is 0 Å². The van der Waals surface area contributed by atoms with Gasteiger partial charge in [0.2, 0.25) is 0 Å². The number of nitrogens with zero attached hydrogens (tertiary/aromatic N) is 6. The van der Waals surface area contributed by atoms with E-state index in [9.17, 15) is 0 Å². The summed E-state index contributed by atoms with van der Waals surface area (Å²) in [5.74, 6) is 1.10. The van der Waals surface area contributed by atoms with Crippen molar-refractivity contribution in [2.75, 3.05) is 0 Å². The van der Waals surface area contributed by atoms with Crippen LogP contribution >= 0.6 is 0 Å². The summed E-state index contributed by atoms with van der Waals surface area (Å²) < 4.78 is 0. The van der Waals surface area contributed by atoms with E-state index in [2.05, 4.69) is 21.1 Å². The molecule has 8 heteroatoms. The minimum Gasteiger partial charge on any atom is -0.260 e. The molecule has 48 heavy (non-hydrogen) atoms. The molecule has 0 saturated heterocycles. The van der Waals surface area contributed by atoms with Crippen LogP contribution < -0.4 is 10.9 Å². The fraction of sp³-hybridized carbons (Fsp3) is 0. The topological polar surface area (TPSA) is 99.3 Å². The molecule has 230 valence electrons. The zero-order valence-corrected chi connectivity index (χ0v) is 25.8. The summed E-state index contributed by atoms with van der Waals surface area (Å²) in [6.07, 6.45) is 3.49. The Morgan fingerprint density at radius 2 is 0.812 bits per heavy atom. The van der Waals surface area contributed by atoms with Crippen molar-refractivity contribution in [3.63, 3.8) is 0 Å². The van der Waals surface area contributed by atoms with E-state index in [1.807, 2.05) is 158 Å². The fourth-order valence-electron chi connectivity index (χ4n) is 4.94. The number of hydrogen-bond acceptors (Lipinski definition) is 6. The van der Waals surface area contributed by atoms with E-state index in [-0.39, 0.29) is 0 Å². The fourth-order valence-corrected chi connectivity index (χ4v) is 4.94. The van der Waals surface area contributed by atoms with Crippen LogP contribution in [0.3, 0.4) is 0 Å². The Bertz CT molecular complexity index is 2110. The van der Waals surface area contributed by atoms with Gasteiger partial charge in [-0.2, -0.15) is 10.2 Å². The second kappa shape index (κ2) is 14.5. The van der Waals surface area contributed by atoms with Gasteiger partial charge in [-0.25, -0.2) is 20.0 Å². The van der Waals surface area contributed by atoms with Gasteiger partial charge in [0.25, 0.3) is 0 Å². The van der Waals surface area contributed by atoms with Crippen molar-refractivity contribution in [3.8, 4) is 0 Å². The molecule has 0 saturated carbocycles. The van der Waals surface area contributed by atoms with Gasteiger partial charge in [0, 0.05) is 10.8 Å². The van der Waals surface area contributed by atoms with E-state index in [0.717, 1.165) is 44.3 Å². The van der Waals surface area contributed by atoms with Crippen molar-refractivity contribution in [2.24, 2.45) is 20.2 Å². The third-order valence-corrected chi connectivity index (χ3v) is 7.38. The Morgan fingerprint density at radius 3 is 1.25 bits per heavy atom. The first kappa shape index (κ1) is 29.9. The molecule has 0 spiro atoms. The van der Waals surface area contributed by atoms with Crippen molar-refractivity contribution >= 4 is 57.3 Å². The molecule has 0 amide bonds. The van der Waals surface area contributed by atoms with Crippen LogP contribution in [0.5, 0.6) is 0 Å². The molecule has 0 aliphatic rings. The lowest BCUT2D eigenvalue weighted by molar-refractivity contribution is 1.02. The van der Waals surface area contributed by atoms with Crippen molar-refractivity contribution < 1.29 is 0 Å². The predicted octanol–water partition coefficient (Wildman–Crippen LogP) is 8.19. The number of hydrogen-bond donors (Lipinski definition) is 2. The Labute approximate surface area is 278 Å². The average Bonchev–Trinajstić information content (AvgIpc) is 3.15. The highest BCUT2D eigenvalue weighted by Crippen LogP contribution is 2.17. The van der Waals surface area contributed by atoms with Crippen molar-refractivity contribution in [2.45, 2.75) is 0 Å². The van der Waals surface area contributed by atoms with E-state index in [4.69, 9.17) is 20.0 Å². The molecule has 2 N–H and O–H groups in total. The lowest BCUT2D eigenvalue weighted by Gasteiger charge is -2.07. The highest BCUT2D eigenvalue weighted by atomic mass is 15.3. The van der Waals surface area contributed by atoms with Crippen LogP contribution in [-0.2, 0) is 0 Å². The molecule has 0 atom stereocenters. The highest BCUT2D eigenvalue weighted by Gasteiger charge is 2.08. The number of benzene rings is 5. The third kappa shape index (κ3) is 7.52. The molecule has 0 fully saturated rings. The SMILES string of the molecule is C(=NNC(=Nc1ccccc1)c1ccc2ccccc2n1)c1ccc(C=NNC(=Nc2ccccc2)c2ccc3ccccc3n2)cc1. The van der Waals surface area contributed by atoms with Crippen molar-refractivity contribution in [1.29, 1.82) is 0 Å². The quantitative estimate of drug-likeness (QED) is 0.101. The number of nitrogens with one attached hydrogen (secondary N) is 2. The molecule has 0 bridgehead atoms. The summed E-state index contributed by atoms with van der Waals surface area (Å²) in [5, 5.41) is 11.1. The van der Waals surface area contributed by atoms with Crippen LogP contribution in [-0.4, -0.2) is 34.1 Å². The summed E-state index contributed by atoms with van der Waals surface area (Å²) in [5.41, 5.74) is 12.8. The number of rotatable bonds is 8. The molecule has 2 aromatic heterocycles. The molecule has 0 radical (unpaired) electrons. The minimum absolute atomic E-state index is 0.548. The van der Waals surface area contributed by atoms with Gasteiger partial charge in [0.1, 0.15) is 11.4 Å². The first-order valence-electron chi connectivity index (χ1n) is 15.4. The summed E-state index contributed by atoms with van der Waals surface area (Å²) in [6, 6.07) is 51.3. The minimum atomic E-state index is 0.548. The number of aliphatic imine (C=N–C) groups is 2. The molecule has 0 aliphatic heterocycles. The van der Waals surface area contributed by atoms with Crippen LogP contribution in [0.1, 0.15) is 22.5 Å². The summed E-state index contributed by atoms with van der Waals surface area (Å²) >= 11 is 0. The Hall–Kier alpha value is -6.80. The van der Waals surface area contributed by atoms with Crippen molar-refractivity contribution in [3.05, 3.63) is 180 Å². The molecule has 7 rings (SSSR count). The smallest absolute Gasteiger partial charge is 0.173 e. The van der Waals surface area contributed by atoms with Crippen LogP contribution in [0, 0.1) is 0 Å². The number of amidine groups is 2. The summed E-state index contributed by atoms with van der Waals surface area (Å²) in [7, 11) is 0. The monoisotopic (exact) mass is 622 g/mol. The van der Waals surface area contributed by atoms with Crippen LogP contribution in [0.25, 0.3) is 21.8 Å². The van der Waals surface area contributed by atoms with Gasteiger partial charge >= 0.3 is 0 Å². The molecule has 8 nitrogen and oxygen atoms in total. The van der Waals surface area contributed by atoms with E-state index < -0.39 is 0 Å². The predicted molar refractivity (Wildman–Crippen MR) is 197 cm³/mol. The average molecular weight is 623 g/mol. The van der Waals surface area contributed by atoms with E-state index in [1.54, 1.807) is 12.4 Å². The normalized spacial score (nSPS) is 12.2. The van der Waals surface area contributed by atoms with Gasteiger partial charge in [0.05, 0.1) is 34.8 Å². The van der Waals surface area contributed by atoms with Gasteiger partial charge in [-0.3, -0.25) is 10.9 Å². The van der Waals surface area contributed by atoms with Crippen LogP contribution in [0.2, 0.25) is 0 Å². The van der Waals surface area contributed by atoms with E-state index >= 15 is 0 Å². The maximum atomic E-state index is 4.81. The van der Waals surface area contributed by atoms with E-state index in [0.29, 0.717) is 23.1 Å². The van der Waals surface area contributed by atoms with Gasteiger partial charge in [0.15, 0.2) is 11.7 Å². The lowest BCUT2D eigenvalue weighted by atomic mass is 10.2. The van der Waals surface area contributed by atoms with Gasteiger partial charge in [-0.05, 0) is 59.7 Å². The second-order valence-electron chi connectivity index (χ2n) is 10.8. The zero-order chi connectivity index (χ0) is 32.4. The Kier molecular flexibility index (Phi) is 9.05. The Balaban J connectivity index is 1.06.